The lowest BCUT2D eigenvalue weighted by atomic mass is 9.95. The van der Waals surface area contributed by atoms with E-state index < -0.39 is 0 Å². The molecule has 1 aliphatic heterocycles. The summed E-state index contributed by atoms with van der Waals surface area (Å²) in [6.07, 6.45) is 1.72. The summed E-state index contributed by atoms with van der Waals surface area (Å²) in [5, 5.41) is 2.89. The van der Waals surface area contributed by atoms with Gasteiger partial charge in [0.15, 0.2) is 0 Å². The number of rotatable bonds is 4. The minimum Gasteiger partial charge on any atom is -0.326 e. The van der Waals surface area contributed by atoms with Gasteiger partial charge >= 0.3 is 0 Å². The lowest BCUT2D eigenvalue weighted by molar-refractivity contribution is -0.121. The van der Waals surface area contributed by atoms with Gasteiger partial charge in [-0.15, -0.1) is 0 Å². The largest absolute Gasteiger partial charge is 0.326 e. The Hall–Kier alpha value is -2.20. The molecule has 0 unspecified atom stereocenters. The van der Waals surface area contributed by atoms with E-state index in [1.807, 2.05) is 0 Å². The summed E-state index contributed by atoms with van der Waals surface area (Å²) in [4.78, 5) is 14.7. The van der Waals surface area contributed by atoms with E-state index in [1.165, 1.54) is 23.3 Å². The minimum atomic E-state index is -0.294. The van der Waals surface area contributed by atoms with Gasteiger partial charge in [0, 0.05) is 18.2 Å². The number of likely N-dealkylation sites (tertiary alicyclic amines) is 1. The van der Waals surface area contributed by atoms with E-state index in [2.05, 4.69) is 41.4 Å². The Kier molecular flexibility index (Phi) is 5.26. The second-order valence-corrected chi connectivity index (χ2v) is 6.53. The Balaban J connectivity index is 1.48. The smallest absolute Gasteiger partial charge is 0.227 e. The van der Waals surface area contributed by atoms with E-state index in [-0.39, 0.29) is 17.6 Å². The first kappa shape index (κ1) is 16.7. The molecular formula is C20H23FN2O. The lowest BCUT2D eigenvalue weighted by Crippen LogP contribution is -2.37. The van der Waals surface area contributed by atoms with Crippen LogP contribution in [0.2, 0.25) is 0 Å². The van der Waals surface area contributed by atoms with Crippen LogP contribution in [0.4, 0.5) is 10.1 Å². The van der Waals surface area contributed by atoms with Crippen molar-refractivity contribution in [2.24, 2.45) is 5.92 Å². The van der Waals surface area contributed by atoms with Crippen LogP contribution in [0, 0.1) is 18.7 Å². The zero-order valence-electron chi connectivity index (χ0n) is 14.0. The first-order valence-corrected chi connectivity index (χ1v) is 8.44. The molecule has 0 radical (unpaired) electrons. The molecule has 24 heavy (non-hydrogen) atoms. The van der Waals surface area contributed by atoms with Gasteiger partial charge in [0.25, 0.3) is 0 Å². The van der Waals surface area contributed by atoms with Gasteiger partial charge in [-0.2, -0.15) is 0 Å². The van der Waals surface area contributed by atoms with Gasteiger partial charge in [0.05, 0.1) is 0 Å². The molecule has 3 nitrogen and oxygen atoms in total. The molecule has 0 aromatic heterocycles. The molecule has 0 bridgehead atoms. The fourth-order valence-corrected chi connectivity index (χ4v) is 3.08. The van der Waals surface area contributed by atoms with E-state index >= 15 is 0 Å². The molecule has 0 spiro atoms. The minimum absolute atomic E-state index is 0.0318. The Morgan fingerprint density at radius 3 is 2.33 bits per heavy atom. The normalized spacial score (nSPS) is 16.1. The predicted octanol–water partition coefficient (Wildman–Crippen LogP) is 3.98. The summed E-state index contributed by atoms with van der Waals surface area (Å²) in [6, 6.07) is 14.5. The first-order valence-electron chi connectivity index (χ1n) is 8.44. The number of benzene rings is 2. The van der Waals surface area contributed by atoms with Crippen LogP contribution in [0.15, 0.2) is 48.5 Å². The van der Waals surface area contributed by atoms with Gasteiger partial charge in [-0.05, 0) is 62.7 Å². The zero-order chi connectivity index (χ0) is 16.9. The average molecular weight is 326 g/mol. The topological polar surface area (TPSA) is 32.3 Å². The van der Waals surface area contributed by atoms with Gasteiger partial charge in [-0.3, -0.25) is 9.69 Å². The third-order valence-corrected chi connectivity index (χ3v) is 4.60. The van der Waals surface area contributed by atoms with Crippen LogP contribution >= 0.6 is 0 Å². The Labute approximate surface area is 142 Å². The van der Waals surface area contributed by atoms with Crippen molar-refractivity contribution >= 4 is 11.6 Å². The zero-order valence-corrected chi connectivity index (χ0v) is 14.0. The highest BCUT2D eigenvalue weighted by Crippen LogP contribution is 2.21. The molecule has 0 aliphatic carbocycles. The maximum absolute atomic E-state index is 12.9. The van der Waals surface area contributed by atoms with E-state index in [9.17, 15) is 9.18 Å². The molecular weight excluding hydrogens is 303 g/mol. The maximum Gasteiger partial charge on any atom is 0.227 e. The molecule has 0 atom stereocenters. The number of nitrogens with zero attached hydrogens (tertiary/aromatic N) is 1. The molecule has 1 saturated heterocycles. The number of piperidine rings is 1. The second-order valence-electron chi connectivity index (χ2n) is 6.53. The van der Waals surface area contributed by atoms with E-state index in [1.54, 1.807) is 12.1 Å². The molecule has 0 saturated carbocycles. The maximum atomic E-state index is 12.9. The second kappa shape index (κ2) is 7.58. The highest BCUT2D eigenvalue weighted by molar-refractivity contribution is 5.92. The Morgan fingerprint density at radius 2 is 1.71 bits per heavy atom. The Bertz CT molecular complexity index is 674. The highest BCUT2D eigenvalue weighted by Gasteiger charge is 2.25. The van der Waals surface area contributed by atoms with Crippen molar-refractivity contribution in [1.29, 1.82) is 0 Å². The van der Waals surface area contributed by atoms with Crippen LogP contribution in [-0.4, -0.2) is 23.9 Å². The third-order valence-electron chi connectivity index (χ3n) is 4.60. The van der Waals surface area contributed by atoms with Gasteiger partial charge in [-0.25, -0.2) is 4.39 Å². The summed E-state index contributed by atoms with van der Waals surface area (Å²) in [7, 11) is 0. The molecule has 2 aromatic rings. The number of aryl methyl sites for hydroxylation is 1. The van der Waals surface area contributed by atoms with E-state index in [4.69, 9.17) is 0 Å². The van der Waals surface area contributed by atoms with Crippen LogP contribution in [0.3, 0.4) is 0 Å². The van der Waals surface area contributed by atoms with Gasteiger partial charge in [0.2, 0.25) is 5.91 Å². The van der Waals surface area contributed by atoms with Crippen molar-refractivity contribution in [3.05, 3.63) is 65.5 Å². The van der Waals surface area contributed by atoms with Crippen molar-refractivity contribution in [2.75, 3.05) is 18.4 Å². The quantitative estimate of drug-likeness (QED) is 0.921. The van der Waals surface area contributed by atoms with Crippen LogP contribution in [-0.2, 0) is 11.3 Å². The monoisotopic (exact) mass is 326 g/mol. The molecule has 3 rings (SSSR count). The third kappa shape index (κ3) is 4.42. The molecule has 4 heteroatoms. The summed E-state index contributed by atoms with van der Waals surface area (Å²) in [6.45, 7) is 4.88. The lowest BCUT2D eigenvalue weighted by Gasteiger charge is -2.31. The van der Waals surface area contributed by atoms with Crippen molar-refractivity contribution in [3.8, 4) is 0 Å². The van der Waals surface area contributed by atoms with Crippen molar-refractivity contribution in [2.45, 2.75) is 26.3 Å². The first-order chi connectivity index (χ1) is 11.6. The number of amides is 1. The van der Waals surface area contributed by atoms with Crippen molar-refractivity contribution in [3.63, 3.8) is 0 Å². The van der Waals surface area contributed by atoms with Crippen LogP contribution in [0.5, 0.6) is 0 Å². The number of hydrogen-bond donors (Lipinski definition) is 1. The molecule has 1 amide bonds. The van der Waals surface area contributed by atoms with Crippen molar-refractivity contribution in [1.82, 2.24) is 4.90 Å². The summed E-state index contributed by atoms with van der Waals surface area (Å²) >= 11 is 0. The summed E-state index contributed by atoms with van der Waals surface area (Å²) in [5.74, 6) is -0.224. The number of halogens is 1. The SMILES string of the molecule is Cc1ccc(CN2CCC(C(=O)Nc3ccc(F)cc3)CC2)cc1. The van der Waals surface area contributed by atoms with Gasteiger partial charge in [-0.1, -0.05) is 29.8 Å². The van der Waals surface area contributed by atoms with E-state index in [0.717, 1.165) is 32.5 Å². The number of nitrogens with one attached hydrogen (secondary N) is 1. The number of anilines is 1. The predicted molar refractivity (Wildman–Crippen MR) is 94.2 cm³/mol. The van der Waals surface area contributed by atoms with Gasteiger partial charge < -0.3 is 5.32 Å². The van der Waals surface area contributed by atoms with Crippen molar-refractivity contribution < 1.29 is 9.18 Å². The Morgan fingerprint density at radius 1 is 1.08 bits per heavy atom. The fourth-order valence-electron chi connectivity index (χ4n) is 3.08. The molecule has 2 aromatic carbocycles. The van der Waals surface area contributed by atoms with Crippen LogP contribution in [0.25, 0.3) is 0 Å². The molecule has 1 heterocycles. The molecule has 1 fully saturated rings. The summed E-state index contributed by atoms with van der Waals surface area (Å²) < 4.78 is 12.9. The molecule has 1 aliphatic rings. The van der Waals surface area contributed by atoms with Crippen LogP contribution < -0.4 is 5.32 Å². The van der Waals surface area contributed by atoms with Crippen LogP contribution in [0.1, 0.15) is 24.0 Å². The van der Waals surface area contributed by atoms with Gasteiger partial charge in [0.1, 0.15) is 5.82 Å². The molecule has 126 valence electrons. The standard InChI is InChI=1S/C20H23FN2O/c1-15-2-4-16(5-3-15)14-23-12-10-17(11-13-23)20(24)22-19-8-6-18(21)7-9-19/h2-9,17H,10-14H2,1H3,(H,22,24). The molecule has 1 N–H and O–H groups in total. The average Bonchev–Trinajstić information content (AvgIpc) is 2.59. The summed E-state index contributed by atoms with van der Waals surface area (Å²) in [5.41, 5.74) is 3.24. The number of carbonyl (C=O) groups is 1. The number of carbonyl (C=O) groups excluding carboxylic acids is 1. The highest BCUT2D eigenvalue weighted by atomic mass is 19.1. The number of hydrogen-bond acceptors (Lipinski definition) is 2. The van der Waals surface area contributed by atoms with E-state index in [0.29, 0.717) is 5.69 Å². The fraction of sp³-hybridized carbons (Fsp3) is 0.350.